The van der Waals surface area contributed by atoms with Crippen LogP contribution in [-0.2, 0) is 6.42 Å². The number of aryl methyl sites for hydroxylation is 2. The first-order valence-corrected chi connectivity index (χ1v) is 8.96. The summed E-state index contributed by atoms with van der Waals surface area (Å²) in [5.74, 6) is 0.610. The fourth-order valence-electron chi connectivity index (χ4n) is 2.93. The van der Waals surface area contributed by atoms with Gasteiger partial charge in [0, 0.05) is 17.1 Å². The van der Waals surface area contributed by atoms with Gasteiger partial charge in [-0.25, -0.2) is 0 Å². The number of aromatic nitrogens is 1. The molecule has 1 amide bonds. The van der Waals surface area contributed by atoms with E-state index in [0.29, 0.717) is 11.3 Å². The fraction of sp³-hybridized carbons (Fsp3) is 0.273. The highest BCUT2D eigenvalue weighted by atomic mass is 16.5. The summed E-state index contributed by atoms with van der Waals surface area (Å²) >= 11 is 0. The van der Waals surface area contributed by atoms with Gasteiger partial charge in [-0.3, -0.25) is 9.78 Å². The predicted molar refractivity (Wildman–Crippen MR) is 106 cm³/mol. The first kappa shape index (κ1) is 17.9. The average molecular weight is 348 g/mol. The highest BCUT2D eigenvalue weighted by molar-refractivity contribution is 6.06. The van der Waals surface area contributed by atoms with E-state index in [0.717, 1.165) is 28.8 Å². The smallest absolute Gasteiger partial charge is 0.257 e. The molecule has 0 radical (unpaired) electrons. The van der Waals surface area contributed by atoms with E-state index < -0.39 is 0 Å². The molecule has 3 aromatic rings. The first-order chi connectivity index (χ1) is 12.6. The summed E-state index contributed by atoms with van der Waals surface area (Å²) < 4.78 is 5.23. The maximum Gasteiger partial charge on any atom is 0.257 e. The van der Waals surface area contributed by atoms with Crippen LogP contribution in [0.15, 0.2) is 48.5 Å². The Morgan fingerprint density at radius 3 is 2.58 bits per heavy atom. The second-order valence-corrected chi connectivity index (χ2v) is 6.43. The van der Waals surface area contributed by atoms with Crippen LogP contribution in [0.4, 0.5) is 5.69 Å². The number of carbonyl (C=O) groups is 1. The third-order valence-electron chi connectivity index (χ3n) is 4.49. The lowest BCUT2D eigenvalue weighted by molar-refractivity contribution is 0.102. The topological polar surface area (TPSA) is 51.2 Å². The molecule has 0 bridgehead atoms. The average Bonchev–Trinajstić information content (AvgIpc) is 2.66. The molecular formula is C22H24N2O2. The Morgan fingerprint density at radius 1 is 1.12 bits per heavy atom. The number of amides is 1. The van der Waals surface area contributed by atoms with Gasteiger partial charge in [-0.05, 0) is 55.7 Å². The second kappa shape index (κ2) is 8.00. The third-order valence-corrected chi connectivity index (χ3v) is 4.49. The standard InChI is InChI=1S/C22H24N2O2/c1-4-5-6-16-7-10-18(11-8-16)24-22(25)20-13-17-9-12-19(26-3)14-21(17)23-15(20)2/h7-14H,4-6H2,1-3H3,(H,24,25). The molecule has 4 nitrogen and oxygen atoms in total. The van der Waals surface area contributed by atoms with Crippen LogP contribution in [0.2, 0.25) is 0 Å². The number of nitrogens with one attached hydrogen (secondary N) is 1. The fourth-order valence-corrected chi connectivity index (χ4v) is 2.93. The normalized spacial score (nSPS) is 10.7. The molecule has 3 rings (SSSR count). The Kier molecular flexibility index (Phi) is 5.52. The summed E-state index contributed by atoms with van der Waals surface area (Å²) in [6, 6.07) is 15.6. The van der Waals surface area contributed by atoms with Crippen molar-refractivity contribution in [3.63, 3.8) is 0 Å². The van der Waals surface area contributed by atoms with Crippen molar-refractivity contribution < 1.29 is 9.53 Å². The Hall–Kier alpha value is -2.88. The molecule has 0 saturated heterocycles. The van der Waals surface area contributed by atoms with E-state index in [9.17, 15) is 4.79 Å². The molecule has 0 atom stereocenters. The van der Waals surface area contributed by atoms with Crippen LogP contribution in [0, 0.1) is 6.92 Å². The lowest BCUT2D eigenvalue weighted by atomic mass is 10.1. The van der Waals surface area contributed by atoms with Gasteiger partial charge in [0.2, 0.25) is 0 Å². The number of benzene rings is 2. The maximum atomic E-state index is 12.7. The molecule has 4 heteroatoms. The number of anilines is 1. The summed E-state index contributed by atoms with van der Waals surface area (Å²) in [6.07, 6.45) is 3.43. The van der Waals surface area contributed by atoms with Crippen molar-refractivity contribution in [1.82, 2.24) is 4.98 Å². The molecule has 0 aliphatic carbocycles. The zero-order valence-corrected chi connectivity index (χ0v) is 15.5. The zero-order valence-electron chi connectivity index (χ0n) is 15.5. The van der Waals surface area contributed by atoms with E-state index in [1.165, 1.54) is 18.4 Å². The number of carbonyl (C=O) groups excluding carboxylic acids is 1. The van der Waals surface area contributed by atoms with Crippen LogP contribution < -0.4 is 10.1 Å². The number of ether oxygens (including phenoxy) is 1. The Labute approximate surface area is 154 Å². The molecule has 0 fully saturated rings. The molecular weight excluding hydrogens is 324 g/mol. The van der Waals surface area contributed by atoms with Crippen LogP contribution in [0.5, 0.6) is 5.75 Å². The minimum atomic E-state index is -0.144. The summed E-state index contributed by atoms with van der Waals surface area (Å²) in [5.41, 5.74) is 4.19. The number of hydrogen-bond donors (Lipinski definition) is 1. The van der Waals surface area contributed by atoms with Gasteiger partial charge in [0.25, 0.3) is 5.91 Å². The van der Waals surface area contributed by atoms with E-state index in [2.05, 4.69) is 29.4 Å². The van der Waals surface area contributed by atoms with Crippen LogP contribution in [0.25, 0.3) is 10.9 Å². The number of hydrogen-bond acceptors (Lipinski definition) is 3. The van der Waals surface area contributed by atoms with Crippen molar-refractivity contribution >= 4 is 22.5 Å². The van der Waals surface area contributed by atoms with Crippen LogP contribution in [-0.4, -0.2) is 18.0 Å². The van der Waals surface area contributed by atoms with Crippen molar-refractivity contribution in [3.05, 3.63) is 65.4 Å². The summed E-state index contributed by atoms with van der Waals surface area (Å²) in [6.45, 7) is 4.03. The van der Waals surface area contributed by atoms with Crippen LogP contribution in [0.1, 0.15) is 41.4 Å². The molecule has 0 saturated carbocycles. The van der Waals surface area contributed by atoms with Gasteiger partial charge in [0.15, 0.2) is 0 Å². The minimum Gasteiger partial charge on any atom is -0.497 e. The summed E-state index contributed by atoms with van der Waals surface area (Å²) in [5, 5.41) is 3.88. The third kappa shape index (κ3) is 4.02. The molecule has 1 N–H and O–H groups in total. The molecule has 2 aromatic carbocycles. The SMILES string of the molecule is CCCCc1ccc(NC(=O)c2cc3ccc(OC)cc3nc2C)cc1. The maximum absolute atomic E-state index is 12.7. The van der Waals surface area contributed by atoms with E-state index in [1.54, 1.807) is 7.11 Å². The van der Waals surface area contributed by atoms with Crippen molar-refractivity contribution in [3.8, 4) is 5.75 Å². The van der Waals surface area contributed by atoms with Crippen molar-refractivity contribution in [2.75, 3.05) is 12.4 Å². The molecule has 1 aromatic heterocycles. The van der Waals surface area contributed by atoms with Gasteiger partial charge in [-0.2, -0.15) is 0 Å². The van der Waals surface area contributed by atoms with Gasteiger partial charge in [-0.1, -0.05) is 25.5 Å². The number of rotatable bonds is 6. The monoisotopic (exact) mass is 348 g/mol. The highest BCUT2D eigenvalue weighted by Gasteiger charge is 2.12. The van der Waals surface area contributed by atoms with E-state index in [1.807, 2.05) is 43.3 Å². The van der Waals surface area contributed by atoms with E-state index in [-0.39, 0.29) is 5.91 Å². The second-order valence-electron chi connectivity index (χ2n) is 6.43. The van der Waals surface area contributed by atoms with Crippen molar-refractivity contribution in [2.45, 2.75) is 33.1 Å². The van der Waals surface area contributed by atoms with Crippen LogP contribution in [0.3, 0.4) is 0 Å². The van der Waals surface area contributed by atoms with Gasteiger partial charge < -0.3 is 10.1 Å². The molecule has 0 aliphatic rings. The Balaban J connectivity index is 1.79. The molecule has 0 aliphatic heterocycles. The van der Waals surface area contributed by atoms with Gasteiger partial charge in [0.05, 0.1) is 23.9 Å². The lowest BCUT2D eigenvalue weighted by Crippen LogP contribution is -2.14. The van der Waals surface area contributed by atoms with Crippen molar-refractivity contribution in [1.29, 1.82) is 0 Å². The Morgan fingerprint density at radius 2 is 1.88 bits per heavy atom. The van der Waals surface area contributed by atoms with Gasteiger partial charge in [-0.15, -0.1) is 0 Å². The van der Waals surface area contributed by atoms with Crippen LogP contribution >= 0.6 is 0 Å². The van der Waals surface area contributed by atoms with Gasteiger partial charge >= 0.3 is 0 Å². The number of unbranched alkanes of at least 4 members (excludes halogenated alkanes) is 1. The zero-order chi connectivity index (χ0) is 18.5. The molecule has 0 spiro atoms. The molecule has 26 heavy (non-hydrogen) atoms. The summed E-state index contributed by atoms with van der Waals surface area (Å²) in [4.78, 5) is 17.2. The Bertz CT molecular complexity index is 917. The predicted octanol–water partition coefficient (Wildman–Crippen LogP) is 5.15. The summed E-state index contributed by atoms with van der Waals surface area (Å²) in [7, 11) is 1.63. The molecule has 1 heterocycles. The molecule has 134 valence electrons. The molecule has 0 unspecified atom stereocenters. The number of pyridine rings is 1. The largest absolute Gasteiger partial charge is 0.497 e. The quantitative estimate of drug-likeness (QED) is 0.670. The number of methoxy groups -OCH3 is 1. The first-order valence-electron chi connectivity index (χ1n) is 8.96. The van der Waals surface area contributed by atoms with Gasteiger partial charge in [0.1, 0.15) is 5.75 Å². The van der Waals surface area contributed by atoms with E-state index >= 15 is 0 Å². The lowest BCUT2D eigenvalue weighted by Gasteiger charge is -2.10. The van der Waals surface area contributed by atoms with E-state index in [4.69, 9.17) is 4.74 Å². The highest BCUT2D eigenvalue weighted by Crippen LogP contribution is 2.22. The number of nitrogens with zero attached hydrogens (tertiary/aromatic N) is 1. The number of fused-ring (bicyclic) bond motifs is 1. The van der Waals surface area contributed by atoms with Crippen molar-refractivity contribution in [2.24, 2.45) is 0 Å². The minimum absolute atomic E-state index is 0.144.